The fourth-order valence-corrected chi connectivity index (χ4v) is 3.97. The molecule has 1 aliphatic carbocycles. The van der Waals surface area contributed by atoms with Crippen molar-refractivity contribution < 1.29 is 33.3 Å². The lowest BCUT2D eigenvalue weighted by atomic mass is 9.86. The van der Waals surface area contributed by atoms with Gasteiger partial charge in [-0.15, -0.1) is 11.3 Å². The predicted octanol–water partition coefficient (Wildman–Crippen LogP) is 4.29. The van der Waals surface area contributed by atoms with Crippen LogP contribution in [0.4, 0.5) is 8.78 Å². The molecule has 0 spiro atoms. The van der Waals surface area contributed by atoms with E-state index in [2.05, 4.69) is 9.73 Å². The van der Waals surface area contributed by atoms with Crippen LogP contribution < -0.4 is 4.74 Å². The Morgan fingerprint density at radius 3 is 2.78 bits per heavy atom. The van der Waals surface area contributed by atoms with Crippen LogP contribution in [-0.4, -0.2) is 34.3 Å². The number of thiophene rings is 1. The van der Waals surface area contributed by atoms with Crippen LogP contribution in [0, 0.1) is 0 Å². The number of aliphatic carboxylic acids is 1. The third-order valence-corrected chi connectivity index (χ3v) is 5.21. The Morgan fingerprint density at radius 2 is 2.15 bits per heavy atom. The van der Waals surface area contributed by atoms with Crippen molar-refractivity contribution in [2.75, 3.05) is 0 Å². The van der Waals surface area contributed by atoms with Gasteiger partial charge in [0.25, 0.3) is 0 Å². The fourth-order valence-electron chi connectivity index (χ4n) is 2.89. The first-order valence-corrected chi connectivity index (χ1v) is 8.85. The Kier molecular flexibility index (Phi) is 5.16. The summed E-state index contributed by atoms with van der Waals surface area (Å²) in [6.45, 7) is -1.39. The number of fused-ring (bicyclic) bond motifs is 1. The van der Waals surface area contributed by atoms with Crippen LogP contribution in [0.15, 0.2) is 43.9 Å². The summed E-state index contributed by atoms with van der Waals surface area (Å²) in [5.74, 6) is -2.16. The molecule has 2 heterocycles. The molecule has 0 unspecified atom stereocenters. The number of ether oxygens (including phenoxy) is 1. The summed E-state index contributed by atoms with van der Waals surface area (Å²) in [6, 6.07) is 1.19. The van der Waals surface area contributed by atoms with Crippen molar-refractivity contribution in [2.45, 2.75) is 26.4 Å². The van der Waals surface area contributed by atoms with Gasteiger partial charge in [0.05, 0.1) is 17.2 Å². The molecule has 3 rings (SSSR count). The van der Waals surface area contributed by atoms with Gasteiger partial charge in [0, 0.05) is 40.3 Å². The minimum absolute atomic E-state index is 0.0479. The number of alkyl halides is 2. The molecule has 0 amide bonds. The SMILES string of the molecule is CC1=C(CC(=O)O)C2=C(Cl)C(=O)C(=C(O)c3csc(OC(F)F)c3)CC2=N1. The Labute approximate surface area is 160 Å². The second-order valence-electron chi connectivity index (χ2n) is 5.75. The number of carboxylic acid groups (broad SMARTS) is 1. The molecule has 142 valence electrons. The molecule has 27 heavy (non-hydrogen) atoms. The van der Waals surface area contributed by atoms with Crippen LogP contribution >= 0.6 is 22.9 Å². The summed E-state index contributed by atoms with van der Waals surface area (Å²) in [4.78, 5) is 27.9. The predicted molar refractivity (Wildman–Crippen MR) is 95.4 cm³/mol. The van der Waals surface area contributed by atoms with E-state index in [0.717, 1.165) is 11.3 Å². The van der Waals surface area contributed by atoms with E-state index in [4.69, 9.17) is 16.7 Å². The monoisotopic (exact) mass is 415 g/mol. The Balaban J connectivity index is 1.99. The van der Waals surface area contributed by atoms with E-state index in [1.807, 2.05) is 0 Å². The van der Waals surface area contributed by atoms with Crippen LogP contribution in [0.5, 0.6) is 5.06 Å². The number of ketones is 1. The molecule has 2 aliphatic rings. The van der Waals surface area contributed by atoms with Crippen molar-refractivity contribution in [1.82, 2.24) is 0 Å². The van der Waals surface area contributed by atoms with Crippen LogP contribution in [-0.2, 0) is 9.59 Å². The number of nitrogens with zero attached hydrogens (tertiary/aromatic N) is 1. The van der Waals surface area contributed by atoms with Crippen molar-refractivity contribution in [3.05, 3.63) is 44.5 Å². The highest BCUT2D eigenvalue weighted by Crippen LogP contribution is 2.41. The lowest BCUT2D eigenvalue weighted by Crippen LogP contribution is -2.21. The third kappa shape index (κ3) is 3.65. The average molecular weight is 416 g/mol. The van der Waals surface area contributed by atoms with Gasteiger partial charge in [-0.25, -0.2) is 0 Å². The van der Waals surface area contributed by atoms with E-state index >= 15 is 0 Å². The number of rotatable bonds is 5. The molecule has 0 atom stereocenters. The van der Waals surface area contributed by atoms with E-state index in [9.17, 15) is 23.5 Å². The smallest absolute Gasteiger partial charge is 0.388 e. The maximum Gasteiger partial charge on any atom is 0.388 e. The molecule has 2 N–H and O–H groups in total. The zero-order chi connectivity index (χ0) is 19.9. The summed E-state index contributed by atoms with van der Waals surface area (Å²) < 4.78 is 28.8. The minimum atomic E-state index is -3.00. The van der Waals surface area contributed by atoms with E-state index in [-0.39, 0.29) is 39.6 Å². The normalized spacial score (nSPS) is 18.9. The van der Waals surface area contributed by atoms with Gasteiger partial charge < -0.3 is 14.9 Å². The first-order chi connectivity index (χ1) is 12.7. The number of carbonyl (C=O) groups excluding carboxylic acids is 1. The molecule has 0 bridgehead atoms. The van der Waals surface area contributed by atoms with E-state index < -0.39 is 24.1 Å². The first-order valence-electron chi connectivity index (χ1n) is 7.59. The zero-order valence-electron chi connectivity index (χ0n) is 13.8. The van der Waals surface area contributed by atoms with Crippen LogP contribution in [0.1, 0.15) is 25.3 Å². The Bertz CT molecular complexity index is 974. The molecule has 1 aliphatic heterocycles. The molecule has 0 aromatic carbocycles. The molecule has 1 aromatic rings. The second-order valence-corrected chi connectivity index (χ2v) is 7.00. The number of hydrogen-bond donors (Lipinski definition) is 2. The molecule has 0 fully saturated rings. The van der Waals surface area contributed by atoms with Crippen molar-refractivity contribution in [3.63, 3.8) is 0 Å². The van der Waals surface area contributed by atoms with Gasteiger partial charge in [-0.3, -0.25) is 14.6 Å². The summed E-state index contributed by atoms with van der Waals surface area (Å²) in [6.07, 6.45) is -0.390. The van der Waals surface area contributed by atoms with Crippen LogP contribution in [0.2, 0.25) is 0 Å². The van der Waals surface area contributed by atoms with Crippen LogP contribution in [0.3, 0.4) is 0 Å². The quantitative estimate of drug-likeness (QED) is 0.552. The van der Waals surface area contributed by atoms with E-state index in [1.54, 1.807) is 6.92 Å². The van der Waals surface area contributed by atoms with Crippen molar-refractivity contribution >= 4 is 46.2 Å². The highest BCUT2D eigenvalue weighted by atomic mass is 35.5. The zero-order valence-corrected chi connectivity index (χ0v) is 15.3. The third-order valence-electron chi connectivity index (χ3n) is 4.03. The van der Waals surface area contributed by atoms with Crippen LogP contribution in [0.25, 0.3) is 5.76 Å². The van der Waals surface area contributed by atoms with E-state index in [1.165, 1.54) is 11.4 Å². The second kappa shape index (κ2) is 7.24. The van der Waals surface area contributed by atoms with Gasteiger partial charge in [0.1, 0.15) is 5.76 Å². The number of hydrogen-bond acceptors (Lipinski definition) is 6. The number of Topliss-reactive ketones (excluding diaryl/α,β-unsaturated/α-hetero) is 1. The number of allylic oxidation sites excluding steroid dienone is 4. The summed E-state index contributed by atoms with van der Waals surface area (Å²) >= 11 is 7.01. The number of halogens is 3. The maximum absolute atomic E-state index is 12.6. The molecular weight excluding hydrogens is 404 g/mol. The van der Waals surface area contributed by atoms with Gasteiger partial charge in [-0.05, 0) is 12.5 Å². The van der Waals surface area contributed by atoms with Gasteiger partial charge >= 0.3 is 12.6 Å². The van der Waals surface area contributed by atoms with Gasteiger partial charge in [0.2, 0.25) is 5.78 Å². The number of aliphatic imine (C=N–C) groups is 1. The van der Waals surface area contributed by atoms with Crippen molar-refractivity contribution in [2.24, 2.45) is 4.99 Å². The minimum Gasteiger partial charge on any atom is -0.507 e. The number of carbonyl (C=O) groups is 2. The van der Waals surface area contributed by atoms with Gasteiger partial charge in [0.15, 0.2) is 5.06 Å². The Morgan fingerprint density at radius 1 is 1.44 bits per heavy atom. The summed E-state index contributed by atoms with van der Waals surface area (Å²) in [5.41, 5.74) is 1.56. The molecule has 0 saturated carbocycles. The number of aliphatic hydroxyl groups is 1. The maximum atomic E-state index is 12.6. The lowest BCUT2D eigenvalue weighted by Gasteiger charge is -2.19. The summed E-state index contributed by atoms with van der Waals surface area (Å²) in [7, 11) is 0. The highest BCUT2D eigenvalue weighted by Gasteiger charge is 2.36. The van der Waals surface area contributed by atoms with Crippen molar-refractivity contribution in [1.29, 1.82) is 0 Å². The topological polar surface area (TPSA) is 96.2 Å². The largest absolute Gasteiger partial charge is 0.507 e. The molecule has 10 heteroatoms. The molecule has 0 radical (unpaired) electrons. The van der Waals surface area contributed by atoms with Crippen molar-refractivity contribution in [3.8, 4) is 5.06 Å². The fraction of sp³-hybridized carbons (Fsp3) is 0.235. The summed E-state index contributed by atoms with van der Waals surface area (Å²) in [5, 5.41) is 20.5. The number of carboxylic acids is 1. The molecule has 1 aromatic heterocycles. The molecule has 0 saturated heterocycles. The van der Waals surface area contributed by atoms with E-state index in [0.29, 0.717) is 17.0 Å². The van der Waals surface area contributed by atoms with Gasteiger partial charge in [-0.2, -0.15) is 8.78 Å². The highest BCUT2D eigenvalue weighted by molar-refractivity contribution is 7.12. The first kappa shape index (κ1) is 19.2. The van der Waals surface area contributed by atoms with Gasteiger partial charge in [-0.1, -0.05) is 11.6 Å². The Hall–Kier alpha value is -2.52. The number of aliphatic hydroxyl groups excluding tert-OH is 1. The average Bonchev–Trinajstić information content (AvgIpc) is 3.14. The lowest BCUT2D eigenvalue weighted by molar-refractivity contribution is -0.136. The standard InChI is InChI=1S/C17H12ClF2NO5S/c1-6-8(4-11(22)23)13-10(21-6)3-9(16(25)14(13)18)15(24)7-2-12(27-5-7)26-17(19)20/h2,5,17,24H,3-4H2,1H3,(H,22,23). The molecular formula is C17H12ClF2NO5S. The molecule has 6 nitrogen and oxygen atoms in total.